The number of pyridine rings is 2. The van der Waals surface area contributed by atoms with Crippen LogP contribution in [0.25, 0.3) is 32.8 Å². The zero-order valence-electron chi connectivity index (χ0n) is 32.0. The minimum absolute atomic E-state index is 0.00949. The highest BCUT2D eigenvalue weighted by Crippen LogP contribution is 2.20. The second-order valence-corrected chi connectivity index (χ2v) is 13.3. The standard InChI is InChI=1S/C42H40N8O10/c51-33(17-43-21-37(55)59-23-25-7-3-1-4-8-25)45-19-35(53)47-27-11-13-31-29(15-27)41(57)39-40(49-31)42(58)30-16-28(12-14-32(30)50-39)48-36(54)20-46-34(52)18-44-22-38(56)60-24-26-9-5-2-6-10-26/h1-16,43-44H,17-24H2,(H,45,51)(H,46,52)(H,47,53)(H,48,54)(H,49,57)(H,50,58). The first-order valence-electron chi connectivity index (χ1n) is 18.6. The first kappa shape index (κ1) is 41.9. The van der Waals surface area contributed by atoms with Gasteiger partial charge >= 0.3 is 11.9 Å². The first-order chi connectivity index (χ1) is 29.0. The normalized spacial score (nSPS) is 10.9. The van der Waals surface area contributed by atoms with Gasteiger partial charge in [-0.25, -0.2) is 0 Å². The number of benzene rings is 4. The Kier molecular flexibility index (Phi) is 14.1. The van der Waals surface area contributed by atoms with Crippen molar-refractivity contribution in [1.29, 1.82) is 0 Å². The Bertz CT molecular complexity index is 2500. The second kappa shape index (κ2) is 20.1. The van der Waals surface area contributed by atoms with Crippen molar-refractivity contribution in [3.8, 4) is 0 Å². The van der Waals surface area contributed by atoms with E-state index in [2.05, 4.69) is 41.9 Å². The zero-order chi connectivity index (χ0) is 42.4. The lowest BCUT2D eigenvalue weighted by molar-refractivity contribution is -0.144. The van der Waals surface area contributed by atoms with Gasteiger partial charge in [-0.2, -0.15) is 0 Å². The fraction of sp³-hybridized carbons (Fsp3) is 0.190. The van der Waals surface area contributed by atoms with Gasteiger partial charge in [-0.15, -0.1) is 0 Å². The third-order valence-corrected chi connectivity index (χ3v) is 8.81. The molecule has 2 aromatic heterocycles. The largest absolute Gasteiger partial charge is 0.460 e. The molecule has 2 heterocycles. The number of H-pyrrole nitrogens is 2. The van der Waals surface area contributed by atoms with Crippen LogP contribution < -0.4 is 42.8 Å². The number of nitrogens with one attached hydrogen (secondary N) is 8. The highest BCUT2D eigenvalue weighted by Gasteiger charge is 2.15. The van der Waals surface area contributed by atoms with Crippen LogP contribution in [-0.2, 0) is 51.5 Å². The Morgan fingerprint density at radius 1 is 0.467 bits per heavy atom. The summed E-state index contributed by atoms with van der Waals surface area (Å²) in [6.07, 6.45) is 0. The van der Waals surface area contributed by atoms with Crippen LogP contribution in [0.2, 0.25) is 0 Å². The summed E-state index contributed by atoms with van der Waals surface area (Å²) < 4.78 is 10.3. The van der Waals surface area contributed by atoms with Crippen molar-refractivity contribution in [2.75, 3.05) is 49.9 Å². The molecule has 0 aliphatic rings. The zero-order valence-corrected chi connectivity index (χ0v) is 32.0. The number of hydrogen-bond acceptors (Lipinski definition) is 12. The van der Waals surface area contributed by atoms with Gasteiger partial charge in [0, 0.05) is 22.1 Å². The summed E-state index contributed by atoms with van der Waals surface area (Å²) in [5.41, 5.74) is 1.77. The number of esters is 2. The van der Waals surface area contributed by atoms with Gasteiger partial charge in [0.15, 0.2) is 0 Å². The minimum Gasteiger partial charge on any atom is -0.460 e. The minimum atomic E-state index is -0.571. The van der Waals surface area contributed by atoms with E-state index in [1.165, 1.54) is 36.4 Å². The average Bonchev–Trinajstić information content (AvgIpc) is 3.25. The van der Waals surface area contributed by atoms with E-state index in [4.69, 9.17) is 9.47 Å². The van der Waals surface area contributed by atoms with Gasteiger partial charge in [-0.3, -0.25) is 49.0 Å². The van der Waals surface area contributed by atoms with Gasteiger partial charge in [0.25, 0.3) is 0 Å². The molecule has 308 valence electrons. The maximum atomic E-state index is 13.6. The summed E-state index contributed by atoms with van der Waals surface area (Å²) >= 11 is 0. The molecule has 0 unspecified atom stereocenters. The van der Waals surface area contributed by atoms with Crippen molar-refractivity contribution >= 4 is 79.8 Å². The number of amides is 4. The molecule has 0 saturated heterocycles. The van der Waals surface area contributed by atoms with E-state index >= 15 is 0 Å². The first-order valence-corrected chi connectivity index (χ1v) is 18.6. The van der Waals surface area contributed by atoms with Crippen molar-refractivity contribution in [3.05, 3.63) is 129 Å². The van der Waals surface area contributed by atoms with E-state index in [0.717, 1.165) is 11.1 Å². The number of fused-ring (bicyclic) bond motifs is 3. The van der Waals surface area contributed by atoms with Gasteiger partial charge < -0.3 is 40.7 Å². The molecule has 6 aromatic rings. The van der Waals surface area contributed by atoms with Crippen molar-refractivity contribution in [2.45, 2.75) is 13.2 Å². The van der Waals surface area contributed by atoms with Gasteiger partial charge in [-0.1, -0.05) is 60.7 Å². The fourth-order valence-corrected chi connectivity index (χ4v) is 5.87. The Labute approximate surface area is 340 Å². The van der Waals surface area contributed by atoms with Crippen LogP contribution in [0.5, 0.6) is 0 Å². The van der Waals surface area contributed by atoms with E-state index < -0.39 is 46.4 Å². The quantitative estimate of drug-likeness (QED) is 0.0451. The molecule has 0 saturated carbocycles. The fourth-order valence-electron chi connectivity index (χ4n) is 5.87. The van der Waals surface area contributed by atoms with E-state index in [-0.39, 0.29) is 85.7 Å². The maximum absolute atomic E-state index is 13.6. The molecular formula is C42H40N8O10. The lowest BCUT2D eigenvalue weighted by Gasteiger charge is -2.10. The number of carbonyl (C=O) groups excluding carboxylic acids is 6. The predicted octanol–water partition coefficient (Wildman–Crippen LogP) is 1.30. The summed E-state index contributed by atoms with van der Waals surface area (Å²) in [5, 5.41) is 15.8. The van der Waals surface area contributed by atoms with Crippen molar-refractivity contribution < 1.29 is 38.2 Å². The summed E-state index contributed by atoms with van der Waals surface area (Å²) in [4.78, 5) is 107. The number of anilines is 2. The third kappa shape index (κ3) is 11.7. The van der Waals surface area contributed by atoms with Crippen molar-refractivity contribution in [1.82, 2.24) is 31.2 Å². The molecular weight excluding hydrogens is 777 g/mol. The summed E-state index contributed by atoms with van der Waals surface area (Å²) in [6, 6.07) is 27.2. The molecule has 0 spiro atoms. The monoisotopic (exact) mass is 816 g/mol. The molecule has 0 fully saturated rings. The number of rotatable bonds is 18. The number of carbonyl (C=O) groups is 6. The number of aromatic amines is 2. The molecule has 8 N–H and O–H groups in total. The number of hydrogen-bond donors (Lipinski definition) is 8. The van der Waals surface area contributed by atoms with Gasteiger partial charge in [-0.05, 0) is 47.5 Å². The Morgan fingerprint density at radius 3 is 1.27 bits per heavy atom. The lowest BCUT2D eigenvalue weighted by Crippen LogP contribution is -2.40. The molecule has 0 aliphatic heterocycles. The van der Waals surface area contributed by atoms with E-state index in [0.29, 0.717) is 11.0 Å². The highest BCUT2D eigenvalue weighted by molar-refractivity contribution is 6.01. The smallest absolute Gasteiger partial charge is 0.320 e. The predicted molar refractivity (Wildman–Crippen MR) is 222 cm³/mol. The molecule has 4 aromatic carbocycles. The van der Waals surface area contributed by atoms with Crippen LogP contribution in [-0.4, -0.2) is 84.8 Å². The van der Waals surface area contributed by atoms with Crippen LogP contribution in [0.1, 0.15) is 11.1 Å². The molecule has 0 atom stereocenters. The van der Waals surface area contributed by atoms with Crippen LogP contribution in [0.3, 0.4) is 0 Å². The molecule has 18 heteroatoms. The van der Waals surface area contributed by atoms with Crippen LogP contribution in [0.15, 0.2) is 107 Å². The summed E-state index contributed by atoms with van der Waals surface area (Å²) in [6.45, 7) is -1.41. The lowest BCUT2D eigenvalue weighted by atomic mass is 10.1. The van der Waals surface area contributed by atoms with Crippen LogP contribution in [0, 0.1) is 0 Å². The van der Waals surface area contributed by atoms with Gasteiger partial charge in [0.2, 0.25) is 34.5 Å². The van der Waals surface area contributed by atoms with Gasteiger partial charge in [0.1, 0.15) is 24.2 Å². The molecule has 0 radical (unpaired) electrons. The third-order valence-electron chi connectivity index (χ3n) is 8.81. The molecule has 6 rings (SSSR count). The highest BCUT2D eigenvalue weighted by atomic mass is 16.5. The van der Waals surface area contributed by atoms with Gasteiger partial charge in [0.05, 0.1) is 50.3 Å². The van der Waals surface area contributed by atoms with Crippen LogP contribution >= 0.6 is 0 Å². The van der Waals surface area contributed by atoms with Crippen molar-refractivity contribution in [3.63, 3.8) is 0 Å². The Hall–Kier alpha value is -7.70. The van der Waals surface area contributed by atoms with E-state index in [9.17, 15) is 38.4 Å². The Balaban J connectivity index is 0.975. The van der Waals surface area contributed by atoms with Crippen molar-refractivity contribution in [2.24, 2.45) is 0 Å². The average molecular weight is 817 g/mol. The Morgan fingerprint density at radius 2 is 0.867 bits per heavy atom. The van der Waals surface area contributed by atoms with E-state index in [1.54, 1.807) is 0 Å². The number of ether oxygens (including phenoxy) is 2. The number of aromatic nitrogens is 2. The molecule has 18 nitrogen and oxygen atoms in total. The molecule has 0 aliphatic carbocycles. The SMILES string of the molecule is O=C(CNCC(=O)OCc1ccccc1)NCC(=O)Nc1ccc2[nH]c3c(=O)c4cc(NC(=O)CNC(=O)CNCC(=O)OCc5ccccc5)ccc4[nH]c3c(=O)c2c1. The molecule has 0 bridgehead atoms. The maximum Gasteiger partial charge on any atom is 0.320 e. The topological polar surface area (TPSA) is 259 Å². The van der Waals surface area contributed by atoms with E-state index in [1.807, 2.05) is 60.7 Å². The summed E-state index contributed by atoms with van der Waals surface area (Å²) in [7, 11) is 0. The second-order valence-electron chi connectivity index (χ2n) is 13.3. The molecule has 4 amide bonds. The molecule has 60 heavy (non-hydrogen) atoms. The summed E-state index contributed by atoms with van der Waals surface area (Å²) in [5.74, 6) is -3.28. The van der Waals surface area contributed by atoms with Crippen LogP contribution in [0.4, 0.5) is 11.4 Å².